The van der Waals surface area contributed by atoms with Gasteiger partial charge in [0.05, 0.1) is 0 Å². The molecule has 0 fully saturated rings. The van der Waals surface area contributed by atoms with Crippen molar-refractivity contribution in [1.29, 1.82) is 0 Å². The largest absolute Gasteiger partial charge is 0.0651 e. The average Bonchev–Trinajstić information content (AvgIpc) is 2.83. The van der Waals surface area contributed by atoms with Gasteiger partial charge in [-0.3, -0.25) is 0 Å². The van der Waals surface area contributed by atoms with Crippen LogP contribution in [-0.4, -0.2) is 0 Å². The van der Waals surface area contributed by atoms with E-state index >= 15 is 0 Å². The lowest BCUT2D eigenvalue weighted by Gasteiger charge is -2.07. The van der Waals surface area contributed by atoms with E-state index in [-0.39, 0.29) is 0 Å². The SMILES string of the molecule is [CH2]CCCCCCCCCCCCCCCCCCCCCCCCCCCCC(C)CC. The summed E-state index contributed by atoms with van der Waals surface area (Å²) < 4.78 is 0. The molecule has 0 amide bonds. The topological polar surface area (TPSA) is 0 Å². The molecule has 0 saturated carbocycles. The summed E-state index contributed by atoms with van der Waals surface area (Å²) >= 11 is 0. The van der Waals surface area contributed by atoms with Gasteiger partial charge >= 0.3 is 0 Å². The molecule has 0 spiro atoms. The molecule has 0 aromatic heterocycles. The van der Waals surface area contributed by atoms with Gasteiger partial charge in [-0.15, -0.1) is 0 Å². The molecule has 0 heteroatoms. The Morgan fingerprint density at radius 2 is 0.576 bits per heavy atom. The molecule has 0 bridgehead atoms. The molecule has 199 valence electrons. The Kier molecular flexibility index (Phi) is 30.0. The minimum atomic E-state index is 0.947. The first-order valence-corrected chi connectivity index (χ1v) is 16.1. The summed E-state index contributed by atoms with van der Waals surface area (Å²) in [5.74, 6) is 0.947. The van der Waals surface area contributed by atoms with Crippen LogP contribution in [0, 0.1) is 12.8 Å². The maximum absolute atomic E-state index is 3.92. The molecule has 33 heavy (non-hydrogen) atoms. The highest BCUT2D eigenvalue weighted by atomic mass is 14.0. The van der Waals surface area contributed by atoms with Crippen molar-refractivity contribution in [3.05, 3.63) is 6.92 Å². The first kappa shape index (κ1) is 33.0. The van der Waals surface area contributed by atoms with Gasteiger partial charge in [-0.1, -0.05) is 207 Å². The second-order valence-corrected chi connectivity index (χ2v) is 11.3. The summed E-state index contributed by atoms with van der Waals surface area (Å²) in [5, 5.41) is 0. The van der Waals surface area contributed by atoms with Crippen LogP contribution < -0.4 is 0 Å². The van der Waals surface area contributed by atoms with E-state index in [9.17, 15) is 0 Å². The smallest absolute Gasteiger partial charge is 0.0445 e. The highest BCUT2D eigenvalue weighted by Crippen LogP contribution is 2.17. The fourth-order valence-corrected chi connectivity index (χ4v) is 5.12. The highest BCUT2D eigenvalue weighted by Gasteiger charge is 1.99. The Labute approximate surface area is 212 Å². The summed E-state index contributed by atoms with van der Waals surface area (Å²) in [4.78, 5) is 0. The van der Waals surface area contributed by atoms with Crippen LogP contribution in [0.4, 0.5) is 0 Å². The van der Waals surface area contributed by atoms with E-state index in [1.807, 2.05) is 0 Å². The van der Waals surface area contributed by atoms with E-state index in [1.54, 1.807) is 0 Å². The average molecular weight is 464 g/mol. The predicted octanol–water partition coefficient (Wildman–Crippen LogP) is 12.8. The van der Waals surface area contributed by atoms with Crippen LogP contribution in [0.2, 0.25) is 0 Å². The van der Waals surface area contributed by atoms with Gasteiger partial charge in [-0.25, -0.2) is 0 Å². The van der Waals surface area contributed by atoms with Crippen molar-refractivity contribution in [2.24, 2.45) is 5.92 Å². The van der Waals surface area contributed by atoms with Gasteiger partial charge in [0.15, 0.2) is 0 Å². The summed E-state index contributed by atoms with van der Waals surface area (Å²) in [6.07, 6.45) is 42.2. The number of rotatable bonds is 29. The first-order chi connectivity index (χ1) is 16.3. The molecule has 0 aromatic rings. The maximum Gasteiger partial charge on any atom is -0.0445 e. The molecule has 0 N–H and O–H groups in total. The zero-order valence-corrected chi connectivity index (χ0v) is 23.8. The zero-order chi connectivity index (χ0) is 24.1. The van der Waals surface area contributed by atoms with Crippen LogP contribution in [-0.2, 0) is 0 Å². The first-order valence-electron chi connectivity index (χ1n) is 16.1. The van der Waals surface area contributed by atoms with E-state index in [0.717, 1.165) is 12.3 Å². The second-order valence-electron chi connectivity index (χ2n) is 11.3. The fourth-order valence-electron chi connectivity index (χ4n) is 5.12. The Bertz CT molecular complexity index is 320. The van der Waals surface area contributed by atoms with E-state index in [1.165, 1.54) is 180 Å². The van der Waals surface area contributed by atoms with Gasteiger partial charge in [0.25, 0.3) is 0 Å². The second kappa shape index (κ2) is 30.0. The molecule has 0 rings (SSSR count). The molecule has 1 atom stereocenters. The lowest BCUT2D eigenvalue weighted by atomic mass is 9.99. The van der Waals surface area contributed by atoms with Gasteiger partial charge in [0.2, 0.25) is 0 Å². The molecule has 0 nitrogen and oxygen atoms in total. The van der Waals surface area contributed by atoms with Gasteiger partial charge in [0, 0.05) is 0 Å². The fraction of sp³-hybridized carbons (Fsp3) is 0.970. The number of hydrogen-bond acceptors (Lipinski definition) is 0. The molecule has 0 aliphatic rings. The van der Waals surface area contributed by atoms with E-state index in [4.69, 9.17) is 0 Å². The maximum atomic E-state index is 3.92. The van der Waals surface area contributed by atoms with Gasteiger partial charge in [0.1, 0.15) is 0 Å². The standard InChI is InChI=1S/C33H67/c1-4-6-7-8-9-10-11-12-13-14-15-16-17-18-19-20-21-22-23-24-25-26-27-28-29-30-31-32-33(3)5-2/h33H,1,4-32H2,2-3H3. The lowest BCUT2D eigenvalue weighted by Crippen LogP contribution is -1.91. The van der Waals surface area contributed by atoms with Crippen LogP contribution in [0.1, 0.15) is 200 Å². The Morgan fingerprint density at radius 3 is 0.788 bits per heavy atom. The van der Waals surface area contributed by atoms with Gasteiger partial charge in [-0.2, -0.15) is 0 Å². The van der Waals surface area contributed by atoms with E-state index < -0.39 is 0 Å². The van der Waals surface area contributed by atoms with Crippen molar-refractivity contribution < 1.29 is 0 Å². The molecule has 0 aliphatic heterocycles. The summed E-state index contributed by atoms with van der Waals surface area (Å²) in [7, 11) is 0. The minimum Gasteiger partial charge on any atom is -0.0651 e. The van der Waals surface area contributed by atoms with Crippen molar-refractivity contribution in [3.8, 4) is 0 Å². The van der Waals surface area contributed by atoms with Crippen LogP contribution in [0.15, 0.2) is 0 Å². The van der Waals surface area contributed by atoms with E-state index in [0.29, 0.717) is 0 Å². The third kappa shape index (κ3) is 30.0. The highest BCUT2D eigenvalue weighted by molar-refractivity contribution is 4.53. The van der Waals surface area contributed by atoms with Crippen molar-refractivity contribution in [3.63, 3.8) is 0 Å². The van der Waals surface area contributed by atoms with Crippen LogP contribution >= 0.6 is 0 Å². The predicted molar refractivity (Wildman–Crippen MR) is 154 cm³/mol. The zero-order valence-electron chi connectivity index (χ0n) is 23.8. The van der Waals surface area contributed by atoms with E-state index in [2.05, 4.69) is 20.8 Å². The third-order valence-electron chi connectivity index (χ3n) is 7.89. The van der Waals surface area contributed by atoms with Crippen molar-refractivity contribution in [2.45, 2.75) is 200 Å². The quantitative estimate of drug-likeness (QED) is 0.0967. The molecular formula is C33H67. The van der Waals surface area contributed by atoms with Crippen molar-refractivity contribution in [2.75, 3.05) is 0 Å². The molecule has 0 heterocycles. The normalized spacial score (nSPS) is 12.5. The Balaban J connectivity index is 3.01. The molecule has 0 aromatic carbocycles. The van der Waals surface area contributed by atoms with Crippen LogP contribution in [0.5, 0.6) is 0 Å². The molecule has 0 aliphatic carbocycles. The Morgan fingerprint density at radius 1 is 0.364 bits per heavy atom. The molecule has 0 saturated heterocycles. The Hall–Kier alpha value is 0. The third-order valence-corrected chi connectivity index (χ3v) is 7.89. The lowest BCUT2D eigenvalue weighted by molar-refractivity contribution is 0.468. The van der Waals surface area contributed by atoms with Gasteiger partial charge in [-0.05, 0) is 5.92 Å². The minimum absolute atomic E-state index is 0.947. The number of hydrogen-bond donors (Lipinski definition) is 0. The monoisotopic (exact) mass is 464 g/mol. The molecular weight excluding hydrogens is 396 g/mol. The molecule has 1 radical (unpaired) electrons. The van der Waals surface area contributed by atoms with Crippen LogP contribution in [0.3, 0.4) is 0 Å². The summed E-state index contributed by atoms with van der Waals surface area (Å²) in [6.45, 7) is 8.65. The summed E-state index contributed by atoms with van der Waals surface area (Å²) in [6, 6.07) is 0. The van der Waals surface area contributed by atoms with Crippen molar-refractivity contribution >= 4 is 0 Å². The number of unbranched alkanes of at least 4 members (excludes halogenated alkanes) is 26. The summed E-state index contributed by atoms with van der Waals surface area (Å²) in [5.41, 5.74) is 0. The van der Waals surface area contributed by atoms with Crippen LogP contribution in [0.25, 0.3) is 0 Å². The molecule has 1 unspecified atom stereocenters. The van der Waals surface area contributed by atoms with Gasteiger partial charge < -0.3 is 0 Å². The van der Waals surface area contributed by atoms with Crippen molar-refractivity contribution in [1.82, 2.24) is 0 Å².